The molecule has 0 unspecified atom stereocenters. The lowest BCUT2D eigenvalue weighted by molar-refractivity contribution is 0.300. The van der Waals surface area contributed by atoms with E-state index in [-0.39, 0.29) is 16.4 Å². The molecule has 0 aliphatic rings. The summed E-state index contributed by atoms with van der Waals surface area (Å²) in [6.07, 6.45) is 0.341. The number of sulfonamides is 1. The molecule has 2 N–H and O–H groups in total. The first kappa shape index (κ1) is 15.9. The first-order valence-electron chi connectivity index (χ1n) is 6.01. The second-order valence-corrected chi connectivity index (χ2v) is 7.46. The normalized spacial score (nSPS) is 11.6. The fraction of sp³-hybridized carbons (Fsp3) is 0.231. The maximum atomic E-state index is 13.7. The van der Waals surface area contributed by atoms with Crippen molar-refractivity contribution in [3.8, 4) is 0 Å². The molecule has 0 radical (unpaired) electrons. The number of thiophene rings is 1. The van der Waals surface area contributed by atoms with Gasteiger partial charge in [0.1, 0.15) is 15.8 Å². The fourth-order valence-electron chi connectivity index (χ4n) is 1.67. The first-order chi connectivity index (χ1) is 9.83. The van der Waals surface area contributed by atoms with Crippen LogP contribution in [0, 0.1) is 18.6 Å². The highest BCUT2D eigenvalue weighted by atomic mass is 32.2. The maximum absolute atomic E-state index is 13.7. The lowest BCUT2D eigenvalue weighted by Gasteiger charge is -2.08. The predicted molar refractivity (Wildman–Crippen MR) is 77.0 cm³/mol. The molecule has 1 aromatic heterocycles. The molecule has 0 spiro atoms. The van der Waals surface area contributed by atoms with Crippen molar-refractivity contribution in [3.05, 3.63) is 46.3 Å². The Morgan fingerprint density at radius 2 is 1.95 bits per heavy atom. The number of aryl methyl sites for hydroxylation is 1. The van der Waals surface area contributed by atoms with Crippen LogP contribution in [0.25, 0.3) is 0 Å². The summed E-state index contributed by atoms with van der Waals surface area (Å²) in [6, 6.07) is 4.67. The van der Waals surface area contributed by atoms with E-state index in [0.717, 1.165) is 23.5 Å². The molecule has 21 heavy (non-hydrogen) atoms. The van der Waals surface area contributed by atoms with Gasteiger partial charge in [-0.3, -0.25) is 4.72 Å². The molecule has 1 aromatic carbocycles. The smallest absolute Gasteiger partial charge is 0.271 e. The maximum Gasteiger partial charge on any atom is 0.271 e. The number of halogens is 2. The van der Waals surface area contributed by atoms with E-state index in [1.54, 1.807) is 6.07 Å². The quantitative estimate of drug-likeness (QED) is 0.884. The van der Waals surface area contributed by atoms with Gasteiger partial charge in [-0.2, -0.15) is 0 Å². The van der Waals surface area contributed by atoms with Gasteiger partial charge in [0.25, 0.3) is 10.0 Å². The highest BCUT2D eigenvalue weighted by Crippen LogP contribution is 2.26. The zero-order valence-corrected chi connectivity index (χ0v) is 12.7. The predicted octanol–water partition coefficient (Wildman–Crippen LogP) is 2.67. The summed E-state index contributed by atoms with van der Waals surface area (Å²) in [5, 5.41) is 8.81. The molecular formula is C13H13F2NO3S2. The summed E-state index contributed by atoms with van der Waals surface area (Å²) in [7, 11) is -3.98. The van der Waals surface area contributed by atoms with Crippen molar-refractivity contribution in [3.63, 3.8) is 0 Å². The summed E-state index contributed by atoms with van der Waals surface area (Å²) < 4.78 is 53.3. The van der Waals surface area contributed by atoms with E-state index in [4.69, 9.17) is 5.11 Å². The molecule has 0 amide bonds. The number of anilines is 1. The Morgan fingerprint density at radius 3 is 2.62 bits per heavy atom. The highest BCUT2D eigenvalue weighted by Gasteiger charge is 2.19. The monoisotopic (exact) mass is 333 g/mol. The van der Waals surface area contributed by atoms with E-state index in [0.29, 0.717) is 11.3 Å². The molecule has 2 aromatic rings. The Bertz CT molecular complexity index is 757. The van der Waals surface area contributed by atoms with Gasteiger partial charge in [0.2, 0.25) is 0 Å². The summed E-state index contributed by atoms with van der Waals surface area (Å²) in [5.74, 6) is -1.54. The van der Waals surface area contributed by atoms with Crippen LogP contribution in [0.5, 0.6) is 0 Å². The van der Waals surface area contributed by atoms with E-state index in [1.807, 2.05) is 4.72 Å². The third kappa shape index (κ3) is 3.58. The van der Waals surface area contributed by atoms with Crippen LogP contribution in [-0.2, 0) is 16.4 Å². The van der Waals surface area contributed by atoms with Crippen LogP contribution in [0.1, 0.15) is 10.4 Å². The van der Waals surface area contributed by atoms with E-state index in [1.165, 1.54) is 13.0 Å². The van der Waals surface area contributed by atoms with Crippen molar-refractivity contribution in [1.29, 1.82) is 0 Å². The van der Waals surface area contributed by atoms with Crippen LogP contribution in [0.15, 0.2) is 28.5 Å². The average molecular weight is 333 g/mol. The van der Waals surface area contributed by atoms with Gasteiger partial charge in [-0.05, 0) is 30.7 Å². The molecule has 4 nitrogen and oxygen atoms in total. The van der Waals surface area contributed by atoms with Gasteiger partial charge in [-0.1, -0.05) is 0 Å². The second-order valence-electron chi connectivity index (χ2n) is 4.38. The zero-order valence-electron chi connectivity index (χ0n) is 11.1. The van der Waals surface area contributed by atoms with Gasteiger partial charge < -0.3 is 5.11 Å². The van der Waals surface area contributed by atoms with Crippen LogP contribution >= 0.6 is 11.3 Å². The van der Waals surface area contributed by atoms with Crippen molar-refractivity contribution < 1.29 is 22.3 Å². The SMILES string of the molecule is Cc1cc(F)c(NS(=O)(=O)c2ccc(CCO)s2)cc1F. The standard InChI is InChI=1S/C13H13F2NO3S2/c1-8-6-11(15)12(7-10(8)14)16-21(18,19)13-3-2-9(20-13)4-5-17/h2-3,6-7,16-17H,4-5H2,1H3. The Labute approximate surface area is 125 Å². The number of hydrogen-bond acceptors (Lipinski definition) is 4. The topological polar surface area (TPSA) is 66.4 Å². The number of aliphatic hydroxyl groups excluding tert-OH is 1. The summed E-state index contributed by atoms with van der Waals surface area (Å²) in [5.41, 5.74) is -0.341. The molecule has 1 heterocycles. The third-order valence-electron chi connectivity index (χ3n) is 2.75. The van der Waals surface area contributed by atoms with Crippen molar-refractivity contribution in [2.45, 2.75) is 17.6 Å². The van der Waals surface area contributed by atoms with Crippen LogP contribution in [0.4, 0.5) is 14.5 Å². The molecular weight excluding hydrogens is 320 g/mol. The fourth-order valence-corrected chi connectivity index (χ4v) is 4.07. The van der Waals surface area contributed by atoms with Gasteiger partial charge in [0, 0.05) is 24.0 Å². The van der Waals surface area contributed by atoms with E-state index >= 15 is 0 Å². The molecule has 2 rings (SSSR count). The molecule has 0 bridgehead atoms. The second kappa shape index (κ2) is 6.08. The van der Waals surface area contributed by atoms with Gasteiger partial charge in [0.15, 0.2) is 0 Å². The number of benzene rings is 1. The van der Waals surface area contributed by atoms with Crippen molar-refractivity contribution in [1.82, 2.24) is 0 Å². The Hall–Kier alpha value is -1.51. The van der Waals surface area contributed by atoms with E-state index in [2.05, 4.69) is 0 Å². The summed E-state index contributed by atoms with van der Waals surface area (Å²) in [4.78, 5) is 0.688. The Kier molecular flexibility index (Phi) is 4.60. The molecule has 0 fully saturated rings. The minimum atomic E-state index is -3.98. The van der Waals surface area contributed by atoms with Crippen molar-refractivity contribution in [2.24, 2.45) is 0 Å². The minimum absolute atomic E-state index is 0.0219. The average Bonchev–Trinajstić information content (AvgIpc) is 2.86. The van der Waals surface area contributed by atoms with E-state index in [9.17, 15) is 17.2 Å². The first-order valence-corrected chi connectivity index (χ1v) is 8.31. The molecule has 8 heteroatoms. The van der Waals surface area contributed by atoms with Crippen molar-refractivity contribution >= 4 is 27.0 Å². The van der Waals surface area contributed by atoms with Gasteiger partial charge in [-0.25, -0.2) is 17.2 Å². The molecule has 0 aliphatic heterocycles. The summed E-state index contributed by atoms with van der Waals surface area (Å²) >= 11 is 0.970. The van der Waals surface area contributed by atoms with Crippen LogP contribution in [-0.4, -0.2) is 20.1 Å². The zero-order chi connectivity index (χ0) is 15.6. The number of aliphatic hydroxyl groups is 1. The minimum Gasteiger partial charge on any atom is -0.396 e. The highest BCUT2D eigenvalue weighted by molar-refractivity contribution is 7.94. The largest absolute Gasteiger partial charge is 0.396 e. The van der Waals surface area contributed by atoms with Crippen LogP contribution < -0.4 is 4.72 Å². The third-order valence-corrected chi connectivity index (χ3v) is 5.76. The van der Waals surface area contributed by atoms with Crippen LogP contribution in [0.2, 0.25) is 0 Å². The van der Waals surface area contributed by atoms with Gasteiger partial charge >= 0.3 is 0 Å². The molecule has 0 atom stereocenters. The van der Waals surface area contributed by atoms with E-state index < -0.39 is 27.3 Å². The number of rotatable bonds is 5. The number of hydrogen-bond donors (Lipinski definition) is 2. The van der Waals surface area contributed by atoms with Gasteiger partial charge in [0.05, 0.1) is 5.69 Å². The molecule has 0 saturated heterocycles. The lowest BCUT2D eigenvalue weighted by Crippen LogP contribution is -2.13. The van der Waals surface area contributed by atoms with Crippen LogP contribution in [0.3, 0.4) is 0 Å². The molecule has 114 valence electrons. The Morgan fingerprint density at radius 1 is 1.24 bits per heavy atom. The molecule has 0 saturated carbocycles. The lowest BCUT2D eigenvalue weighted by atomic mass is 10.2. The number of nitrogens with one attached hydrogen (secondary N) is 1. The summed E-state index contributed by atoms with van der Waals surface area (Å²) in [6.45, 7) is 1.29. The Balaban J connectivity index is 2.30. The van der Waals surface area contributed by atoms with Crippen molar-refractivity contribution in [2.75, 3.05) is 11.3 Å². The van der Waals surface area contributed by atoms with Gasteiger partial charge in [-0.15, -0.1) is 11.3 Å². The molecule has 0 aliphatic carbocycles.